The summed E-state index contributed by atoms with van der Waals surface area (Å²) in [7, 11) is 0. The number of likely N-dealkylation sites (tertiary alicyclic amines) is 1. The highest BCUT2D eigenvalue weighted by Gasteiger charge is 2.40. The van der Waals surface area contributed by atoms with E-state index in [1.807, 2.05) is 0 Å². The molecule has 3 heteroatoms. The highest BCUT2D eigenvalue weighted by Crippen LogP contribution is 2.39. The Morgan fingerprint density at radius 1 is 1.25 bits per heavy atom. The number of ether oxygens (including phenoxy) is 2. The monoisotopic (exact) mass is 279 g/mol. The van der Waals surface area contributed by atoms with Crippen LogP contribution >= 0.6 is 0 Å². The molecule has 0 amide bonds. The molecule has 0 N–H and O–H groups in total. The Balaban J connectivity index is 1.56. The van der Waals surface area contributed by atoms with Gasteiger partial charge in [0.25, 0.3) is 0 Å². The summed E-state index contributed by atoms with van der Waals surface area (Å²) < 4.78 is 12.3. The molecule has 3 rings (SSSR count). The fourth-order valence-corrected chi connectivity index (χ4v) is 4.33. The summed E-state index contributed by atoms with van der Waals surface area (Å²) in [5, 5.41) is 0. The summed E-state index contributed by atoms with van der Waals surface area (Å²) in [6.45, 7) is 11.2. The first-order valence-electron chi connectivity index (χ1n) is 8.30. The van der Waals surface area contributed by atoms with Crippen LogP contribution in [0.15, 0.2) is 11.6 Å². The quantitative estimate of drug-likeness (QED) is 0.741. The van der Waals surface area contributed by atoms with Crippen molar-refractivity contribution >= 4 is 0 Å². The summed E-state index contributed by atoms with van der Waals surface area (Å²) in [6.07, 6.45) is 6.58. The predicted molar refractivity (Wildman–Crippen MR) is 80.5 cm³/mol. The van der Waals surface area contributed by atoms with Crippen LogP contribution in [-0.4, -0.2) is 43.5 Å². The molecule has 0 spiro atoms. The van der Waals surface area contributed by atoms with E-state index in [4.69, 9.17) is 9.47 Å². The van der Waals surface area contributed by atoms with Gasteiger partial charge in [0.1, 0.15) is 0 Å². The van der Waals surface area contributed by atoms with Gasteiger partial charge in [-0.2, -0.15) is 0 Å². The minimum atomic E-state index is 0.0111. The Morgan fingerprint density at radius 3 is 2.70 bits per heavy atom. The van der Waals surface area contributed by atoms with Crippen molar-refractivity contribution in [3.8, 4) is 0 Å². The van der Waals surface area contributed by atoms with E-state index in [0.29, 0.717) is 17.8 Å². The fourth-order valence-electron chi connectivity index (χ4n) is 4.33. The second-order valence-electron chi connectivity index (χ2n) is 7.10. The molecule has 0 unspecified atom stereocenters. The summed E-state index contributed by atoms with van der Waals surface area (Å²) in [4.78, 5) is 2.52. The average molecular weight is 279 g/mol. The van der Waals surface area contributed by atoms with Gasteiger partial charge < -0.3 is 14.4 Å². The SMILES string of the molecule is CC1=C[C@H](C)[C@@H]([C@@H]2OC[C@H](CN3CCCC3)O2)[C@H](C)C1. The van der Waals surface area contributed by atoms with Crippen LogP contribution in [0.25, 0.3) is 0 Å². The third-order valence-corrected chi connectivity index (χ3v) is 5.20. The van der Waals surface area contributed by atoms with Gasteiger partial charge in [-0.15, -0.1) is 0 Å². The van der Waals surface area contributed by atoms with Crippen molar-refractivity contribution in [1.82, 2.24) is 4.90 Å². The lowest BCUT2D eigenvalue weighted by Gasteiger charge is -2.36. The molecule has 114 valence electrons. The Morgan fingerprint density at radius 2 is 2.00 bits per heavy atom. The second kappa shape index (κ2) is 6.17. The average Bonchev–Trinajstić information content (AvgIpc) is 3.00. The zero-order valence-corrected chi connectivity index (χ0v) is 13.2. The maximum absolute atomic E-state index is 6.25. The van der Waals surface area contributed by atoms with Gasteiger partial charge in [-0.25, -0.2) is 0 Å². The third kappa shape index (κ3) is 3.10. The highest BCUT2D eigenvalue weighted by molar-refractivity contribution is 5.09. The summed E-state index contributed by atoms with van der Waals surface area (Å²) >= 11 is 0. The molecule has 2 aliphatic heterocycles. The lowest BCUT2D eigenvalue weighted by Crippen LogP contribution is -2.36. The van der Waals surface area contributed by atoms with Crippen molar-refractivity contribution in [1.29, 1.82) is 0 Å². The van der Waals surface area contributed by atoms with Crippen molar-refractivity contribution in [3.63, 3.8) is 0 Å². The maximum atomic E-state index is 6.25. The van der Waals surface area contributed by atoms with Gasteiger partial charge >= 0.3 is 0 Å². The van der Waals surface area contributed by atoms with E-state index in [9.17, 15) is 0 Å². The molecule has 2 saturated heterocycles. The number of allylic oxidation sites excluding steroid dienone is 2. The molecule has 3 aliphatic rings. The molecule has 0 radical (unpaired) electrons. The molecule has 0 aromatic rings. The molecule has 0 bridgehead atoms. The third-order valence-electron chi connectivity index (χ3n) is 5.20. The molecular formula is C17H29NO2. The minimum Gasteiger partial charge on any atom is -0.350 e. The molecule has 0 aromatic heterocycles. The molecule has 2 fully saturated rings. The number of nitrogens with zero attached hydrogens (tertiary/aromatic N) is 1. The largest absolute Gasteiger partial charge is 0.350 e. The molecule has 2 heterocycles. The van der Waals surface area contributed by atoms with Gasteiger partial charge in [0.05, 0.1) is 12.7 Å². The second-order valence-corrected chi connectivity index (χ2v) is 7.10. The Labute approximate surface area is 123 Å². The smallest absolute Gasteiger partial charge is 0.161 e. The molecule has 0 saturated carbocycles. The first-order valence-corrected chi connectivity index (χ1v) is 8.30. The standard InChI is InChI=1S/C17H29NO2/c1-12-8-13(2)16(14(3)9-12)17-19-11-15(20-17)10-18-6-4-5-7-18/h8,13-17H,4-7,9-11H2,1-3H3/t13-,14+,15-,16+,17+/m0/s1. The Hall–Kier alpha value is -0.380. The van der Waals surface area contributed by atoms with Crippen molar-refractivity contribution in [2.45, 2.75) is 52.4 Å². The van der Waals surface area contributed by atoms with E-state index in [1.54, 1.807) is 0 Å². The molecule has 5 atom stereocenters. The maximum Gasteiger partial charge on any atom is 0.161 e. The van der Waals surface area contributed by atoms with E-state index < -0.39 is 0 Å². The molecule has 1 aliphatic carbocycles. The van der Waals surface area contributed by atoms with Gasteiger partial charge in [0.15, 0.2) is 6.29 Å². The van der Waals surface area contributed by atoms with E-state index >= 15 is 0 Å². The Kier molecular flexibility index (Phi) is 4.49. The number of rotatable bonds is 3. The van der Waals surface area contributed by atoms with Crippen LogP contribution in [0.5, 0.6) is 0 Å². The van der Waals surface area contributed by atoms with Gasteiger partial charge in [0, 0.05) is 12.5 Å². The van der Waals surface area contributed by atoms with Gasteiger partial charge in [-0.05, 0) is 51.1 Å². The number of hydrogen-bond acceptors (Lipinski definition) is 3. The van der Waals surface area contributed by atoms with E-state index in [0.717, 1.165) is 13.2 Å². The summed E-state index contributed by atoms with van der Waals surface area (Å²) in [5.41, 5.74) is 1.52. The van der Waals surface area contributed by atoms with Crippen molar-refractivity contribution in [3.05, 3.63) is 11.6 Å². The van der Waals surface area contributed by atoms with Crippen LogP contribution in [0, 0.1) is 17.8 Å². The minimum absolute atomic E-state index is 0.0111. The summed E-state index contributed by atoms with van der Waals surface area (Å²) in [6, 6.07) is 0. The van der Waals surface area contributed by atoms with Gasteiger partial charge in [0.2, 0.25) is 0 Å². The highest BCUT2D eigenvalue weighted by atomic mass is 16.7. The topological polar surface area (TPSA) is 21.7 Å². The molecule has 20 heavy (non-hydrogen) atoms. The molecule has 3 nitrogen and oxygen atoms in total. The Bertz CT molecular complexity index is 362. The molecular weight excluding hydrogens is 250 g/mol. The predicted octanol–water partition coefficient (Wildman–Crippen LogP) is 3.06. The van der Waals surface area contributed by atoms with Crippen LogP contribution in [0.3, 0.4) is 0 Å². The zero-order valence-electron chi connectivity index (χ0n) is 13.2. The van der Waals surface area contributed by atoms with Gasteiger partial charge in [-0.1, -0.05) is 25.5 Å². The summed E-state index contributed by atoms with van der Waals surface area (Å²) in [5.74, 6) is 1.74. The lowest BCUT2D eigenvalue weighted by atomic mass is 9.74. The van der Waals surface area contributed by atoms with Crippen LogP contribution in [0.2, 0.25) is 0 Å². The van der Waals surface area contributed by atoms with Crippen LogP contribution in [0.1, 0.15) is 40.0 Å². The number of hydrogen-bond donors (Lipinski definition) is 0. The van der Waals surface area contributed by atoms with Crippen LogP contribution in [-0.2, 0) is 9.47 Å². The fraction of sp³-hybridized carbons (Fsp3) is 0.882. The lowest BCUT2D eigenvalue weighted by molar-refractivity contribution is -0.123. The molecule has 0 aromatic carbocycles. The van der Waals surface area contributed by atoms with Crippen molar-refractivity contribution < 1.29 is 9.47 Å². The van der Waals surface area contributed by atoms with Crippen molar-refractivity contribution in [2.24, 2.45) is 17.8 Å². The van der Waals surface area contributed by atoms with Gasteiger partial charge in [-0.3, -0.25) is 0 Å². The van der Waals surface area contributed by atoms with E-state index in [1.165, 1.54) is 37.9 Å². The van der Waals surface area contributed by atoms with Crippen LogP contribution < -0.4 is 0 Å². The van der Waals surface area contributed by atoms with E-state index in [-0.39, 0.29) is 12.4 Å². The van der Waals surface area contributed by atoms with Crippen molar-refractivity contribution in [2.75, 3.05) is 26.2 Å². The zero-order chi connectivity index (χ0) is 14.1. The first-order chi connectivity index (χ1) is 9.63. The normalized spacial score (nSPS) is 43.0. The van der Waals surface area contributed by atoms with E-state index in [2.05, 4.69) is 31.7 Å². The first kappa shape index (κ1) is 14.6. The van der Waals surface area contributed by atoms with Crippen LogP contribution in [0.4, 0.5) is 0 Å².